The number of halogens is 1. The van der Waals surface area contributed by atoms with Gasteiger partial charge in [0.05, 0.1) is 31.8 Å². The molecule has 0 aromatic heterocycles. The van der Waals surface area contributed by atoms with Crippen LogP contribution in [0.25, 0.3) is 0 Å². The smallest absolute Gasteiger partial charge is 0.242 e. The molecule has 1 heterocycles. The number of hydrogen-bond acceptors (Lipinski definition) is 6. The first-order chi connectivity index (χ1) is 15.0. The van der Waals surface area contributed by atoms with Crippen molar-refractivity contribution >= 4 is 44.5 Å². The van der Waals surface area contributed by atoms with Gasteiger partial charge in [0.2, 0.25) is 5.91 Å². The summed E-state index contributed by atoms with van der Waals surface area (Å²) >= 11 is 5.13. The second-order valence-corrected chi connectivity index (χ2v) is 8.94. The molecular weight excluding hydrogens is 480 g/mol. The molecule has 166 valence electrons. The number of benzene rings is 2. The van der Waals surface area contributed by atoms with Gasteiger partial charge in [0, 0.05) is 11.0 Å². The highest BCUT2D eigenvalue weighted by molar-refractivity contribution is 9.10. The van der Waals surface area contributed by atoms with Crippen molar-refractivity contribution in [2.75, 3.05) is 27.4 Å². The fourth-order valence-electron chi connectivity index (χ4n) is 3.28. The van der Waals surface area contributed by atoms with E-state index in [1.54, 1.807) is 19.1 Å². The predicted octanol–water partition coefficient (Wildman–Crippen LogP) is 5.45. The number of thioether (sulfide) groups is 1. The Morgan fingerprint density at radius 1 is 1.10 bits per heavy atom. The third-order valence-corrected chi connectivity index (χ3v) is 6.72. The van der Waals surface area contributed by atoms with E-state index >= 15 is 0 Å². The third kappa shape index (κ3) is 5.54. The van der Waals surface area contributed by atoms with Crippen molar-refractivity contribution in [3.8, 4) is 17.2 Å². The molecule has 2 aromatic rings. The molecule has 1 aliphatic heterocycles. The van der Waals surface area contributed by atoms with E-state index in [-0.39, 0.29) is 11.2 Å². The second-order valence-electron chi connectivity index (χ2n) is 6.92. The van der Waals surface area contributed by atoms with Crippen molar-refractivity contribution in [1.29, 1.82) is 0 Å². The summed E-state index contributed by atoms with van der Waals surface area (Å²) in [5.74, 6) is 2.20. The Morgan fingerprint density at radius 2 is 1.84 bits per heavy atom. The topological polar surface area (TPSA) is 60.4 Å². The number of rotatable bonds is 9. The van der Waals surface area contributed by atoms with Crippen LogP contribution in [0, 0.1) is 0 Å². The van der Waals surface area contributed by atoms with Crippen molar-refractivity contribution < 1.29 is 19.0 Å². The van der Waals surface area contributed by atoms with Crippen molar-refractivity contribution in [2.24, 2.45) is 4.99 Å². The van der Waals surface area contributed by atoms with E-state index in [2.05, 4.69) is 22.9 Å². The Labute approximate surface area is 196 Å². The van der Waals surface area contributed by atoms with Crippen LogP contribution in [0.2, 0.25) is 0 Å². The number of carbonyl (C=O) groups is 1. The fourth-order valence-corrected chi connectivity index (χ4v) is 4.98. The molecule has 0 N–H and O–H groups in total. The molecular formula is C23H27BrN2O4S. The lowest BCUT2D eigenvalue weighted by Gasteiger charge is -2.16. The normalized spacial score (nSPS) is 17.3. The quantitative estimate of drug-likeness (QED) is 0.452. The number of carbonyl (C=O) groups excluding carboxylic acids is 1. The Morgan fingerprint density at radius 3 is 2.45 bits per heavy atom. The minimum atomic E-state index is -0.248. The van der Waals surface area contributed by atoms with Gasteiger partial charge in [-0.05, 0) is 61.7 Å². The first kappa shape index (κ1) is 23.5. The molecule has 2 aromatic carbocycles. The summed E-state index contributed by atoms with van der Waals surface area (Å²) in [4.78, 5) is 19.7. The van der Waals surface area contributed by atoms with Crippen LogP contribution < -0.4 is 14.2 Å². The summed E-state index contributed by atoms with van der Waals surface area (Å²) in [6.07, 6.45) is 1.43. The maximum absolute atomic E-state index is 13.2. The lowest BCUT2D eigenvalue weighted by Crippen LogP contribution is -2.33. The average Bonchev–Trinajstić information content (AvgIpc) is 3.05. The summed E-state index contributed by atoms with van der Waals surface area (Å²) in [6, 6.07) is 11.4. The summed E-state index contributed by atoms with van der Waals surface area (Å²) < 4.78 is 17.2. The van der Waals surface area contributed by atoms with Gasteiger partial charge in [-0.15, -0.1) is 0 Å². The number of amides is 1. The minimum absolute atomic E-state index is 0.0823. The fraction of sp³-hybridized carbons (Fsp3) is 0.391. The molecule has 6 nitrogen and oxygen atoms in total. The summed E-state index contributed by atoms with van der Waals surface area (Å²) in [5, 5.41) is 0.485. The molecule has 0 aliphatic carbocycles. The monoisotopic (exact) mass is 506 g/mol. The first-order valence-corrected chi connectivity index (χ1v) is 11.9. The largest absolute Gasteiger partial charge is 0.497 e. The Bertz CT molecular complexity index is 949. The number of methoxy groups -OCH3 is 2. The first-order valence-electron chi connectivity index (χ1n) is 10.2. The van der Waals surface area contributed by atoms with E-state index in [1.807, 2.05) is 43.3 Å². The van der Waals surface area contributed by atoms with Crippen molar-refractivity contribution in [2.45, 2.75) is 31.9 Å². The third-order valence-electron chi connectivity index (χ3n) is 4.80. The van der Waals surface area contributed by atoms with Crippen LogP contribution >= 0.6 is 27.7 Å². The zero-order valence-electron chi connectivity index (χ0n) is 18.2. The highest BCUT2D eigenvalue weighted by atomic mass is 79.9. The van der Waals surface area contributed by atoms with E-state index in [9.17, 15) is 4.79 Å². The molecule has 0 radical (unpaired) electrons. The van der Waals surface area contributed by atoms with Crippen LogP contribution in [0.4, 0.5) is 5.69 Å². The Hall–Kier alpha value is -2.19. The molecule has 3 rings (SSSR count). The lowest BCUT2D eigenvalue weighted by atomic mass is 10.1. The van der Waals surface area contributed by atoms with E-state index in [0.29, 0.717) is 31.1 Å². The molecule has 0 spiro atoms. The molecule has 1 saturated heterocycles. The lowest BCUT2D eigenvalue weighted by molar-refractivity contribution is -0.126. The molecule has 0 bridgehead atoms. The Kier molecular flexibility index (Phi) is 8.26. The van der Waals surface area contributed by atoms with Gasteiger partial charge < -0.3 is 14.2 Å². The number of ether oxygens (including phenoxy) is 3. The molecule has 1 amide bonds. The van der Waals surface area contributed by atoms with E-state index in [0.717, 1.165) is 33.1 Å². The van der Waals surface area contributed by atoms with Gasteiger partial charge in [-0.3, -0.25) is 9.69 Å². The molecule has 0 saturated carbocycles. The zero-order valence-corrected chi connectivity index (χ0v) is 20.6. The van der Waals surface area contributed by atoms with E-state index < -0.39 is 0 Å². The van der Waals surface area contributed by atoms with E-state index in [4.69, 9.17) is 19.2 Å². The Balaban J connectivity index is 1.85. The zero-order chi connectivity index (χ0) is 22.4. The second kappa shape index (κ2) is 10.9. The van der Waals surface area contributed by atoms with Gasteiger partial charge in [0.25, 0.3) is 0 Å². The summed E-state index contributed by atoms with van der Waals surface area (Å²) in [5.41, 5.74) is 1.79. The van der Waals surface area contributed by atoms with Crippen LogP contribution in [-0.2, 0) is 11.2 Å². The summed E-state index contributed by atoms with van der Waals surface area (Å²) in [6.45, 7) is 5.19. The maximum Gasteiger partial charge on any atom is 0.242 e. The standard InChI is InChI=1S/C23H27BrN2O4S/c1-5-11-26-22(27)21(31-23(26)25-16-7-9-17(28-3)10-8-16)13-15-12-19(29-4)20(30-6-2)14-18(15)24/h7-10,12,14,21H,5-6,11,13H2,1-4H3/t21-/m0/s1. The van der Waals surface area contributed by atoms with E-state index in [1.165, 1.54) is 11.8 Å². The number of aliphatic imine (C=N–C) groups is 1. The minimum Gasteiger partial charge on any atom is -0.497 e. The molecule has 1 atom stereocenters. The van der Waals surface area contributed by atoms with Gasteiger partial charge in [-0.1, -0.05) is 34.6 Å². The number of nitrogens with zero attached hydrogens (tertiary/aromatic N) is 2. The van der Waals surface area contributed by atoms with Crippen LogP contribution in [0.15, 0.2) is 45.9 Å². The van der Waals surface area contributed by atoms with Crippen LogP contribution in [0.1, 0.15) is 25.8 Å². The predicted molar refractivity (Wildman–Crippen MR) is 129 cm³/mol. The van der Waals surface area contributed by atoms with Gasteiger partial charge in [0.15, 0.2) is 16.7 Å². The van der Waals surface area contributed by atoms with Crippen LogP contribution in [0.3, 0.4) is 0 Å². The maximum atomic E-state index is 13.2. The van der Waals surface area contributed by atoms with Crippen molar-refractivity contribution in [3.05, 3.63) is 46.4 Å². The molecule has 8 heteroatoms. The number of hydrogen-bond donors (Lipinski definition) is 0. The van der Waals surface area contributed by atoms with Gasteiger partial charge in [-0.25, -0.2) is 4.99 Å². The van der Waals surface area contributed by atoms with Gasteiger partial charge in [0.1, 0.15) is 5.75 Å². The van der Waals surface area contributed by atoms with Crippen molar-refractivity contribution in [1.82, 2.24) is 4.90 Å². The van der Waals surface area contributed by atoms with Crippen molar-refractivity contribution in [3.63, 3.8) is 0 Å². The van der Waals surface area contributed by atoms with Crippen LogP contribution in [0.5, 0.6) is 17.2 Å². The molecule has 31 heavy (non-hydrogen) atoms. The number of amidine groups is 1. The van der Waals surface area contributed by atoms with Gasteiger partial charge >= 0.3 is 0 Å². The van der Waals surface area contributed by atoms with Gasteiger partial charge in [-0.2, -0.15) is 0 Å². The summed E-state index contributed by atoms with van der Waals surface area (Å²) in [7, 11) is 3.25. The highest BCUT2D eigenvalue weighted by Crippen LogP contribution is 2.38. The average molecular weight is 507 g/mol. The highest BCUT2D eigenvalue weighted by Gasteiger charge is 2.38. The SMILES string of the molecule is CCCN1C(=O)[C@H](Cc2cc(OC)c(OCC)cc2Br)SC1=Nc1ccc(OC)cc1. The molecule has 0 unspecified atom stereocenters. The van der Waals surface area contributed by atoms with Crippen LogP contribution in [-0.4, -0.2) is 48.6 Å². The molecule has 1 aliphatic rings. The molecule has 1 fully saturated rings.